The summed E-state index contributed by atoms with van der Waals surface area (Å²) in [6.45, 7) is -1.77. The van der Waals surface area contributed by atoms with Crippen LogP contribution in [0.1, 0.15) is 28.8 Å². The highest BCUT2D eigenvalue weighted by Gasteiger charge is 2.41. The fraction of sp³-hybridized carbons (Fsp3) is 0.333. The van der Waals surface area contributed by atoms with Crippen LogP contribution >= 0.6 is 11.6 Å². The molecule has 1 aliphatic rings. The number of benzene rings is 2. The van der Waals surface area contributed by atoms with Crippen molar-refractivity contribution in [3.63, 3.8) is 0 Å². The standard InChI is InChI=1S/C21H16ClF6NO6S/c22-15-8-11(35-10-20(23,24)25)3-6-17(15)36(33,34)12-4-5-13(14(9-12)21(26,27)28)18(30)29-7-1-2-16(29)19(31)32/h3-6,8-9,16H,1-2,7,10H2,(H,31,32). The van der Waals surface area contributed by atoms with Gasteiger partial charge >= 0.3 is 18.3 Å². The molecule has 36 heavy (non-hydrogen) atoms. The Morgan fingerprint density at radius 1 is 1.08 bits per heavy atom. The molecule has 1 amide bonds. The van der Waals surface area contributed by atoms with Crippen molar-refractivity contribution >= 4 is 33.3 Å². The third-order valence-electron chi connectivity index (χ3n) is 5.23. The number of carbonyl (C=O) groups is 2. The van der Waals surface area contributed by atoms with Gasteiger partial charge in [0.25, 0.3) is 5.91 Å². The highest BCUT2D eigenvalue weighted by molar-refractivity contribution is 7.91. The molecule has 1 N–H and O–H groups in total. The van der Waals surface area contributed by atoms with Crippen LogP contribution in [-0.2, 0) is 20.8 Å². The topological polar surface area (TPSA) is 101 Å². The Morgan fingerprint density at radius 3 is 2.31 bits per heavy atom. The summed E-state index contributed by atoms with van der Waals surface area (Å²) in [7, 11) is -4.73. The van der Waals surface area contributed by atoms with E-state index in [1.807, 2.05) is 0 Å². The van der Waals surface area contributed by atoms with E-state index < -0.39 is 78.4 Å². The van der Waals surface area contributed by atoms with Gasteiger partial charge in [-0.25, -0.2) is 13.2 Å². The monoisotopic (exact) mass is 559 g/mol. The molecule has 1 saturated heterocycles. The Bertz CT molecular complexity index is 1290. The molecule has 15 heteroatoms. The molecule has 3 rings (SSSR count). The van der Waals surface area contributed by atoms with Gasteiger partial charge in [-0.3, -0.25) is 4.79 Å². The number of nitrogens with zero attached hydrogens (tertiary/aromatic N) is 1. The number of carboxylic acids is 1. The molecule has 196 valence electrons. The summed E-state index contributed by atoms with van der Waals surface area (Å²) in [5.74, 6) is -3.03. The van der Waals surface area contributed by atoms with Gasteiger partial charge in [0, 0.05) is 12.6 Å². The Kier molecular flexibility index (Phi) is 7.51. The van der Waals surface area contributed by atoms with E-state index in [-0.39, 0.29) is 25.5 Å². The SMILES string of the molecule is O=C(O)C1CCCN1C(=O)c1ccc(S(=O)(=O)c2ccc(OCC(F)(F)F)cc2Cl)cc1C(F)(F)F. The van der Waals surface area contributed by atoms with Gasteiger partial charge in [-0.1, -0.05) is 11.6 Å². The maximum Gasteiger partial charge on any atom is 0.422 e. The van der Waals surface area contributed by atoms with Gasteiger partial charge in [0.2, 0.25) is 9.84 Å². The molecule has 0 bridgehead atoms. The average molecular weight is 560 g/mol. The lowest BCUT2D eigenvalue weighted by Crippen LogP contribution is -2.41. The summed E-state index contributed by atoms with van der Waals surface area (Å²) in [6.07, 6.45) is -9.55. The Labute approximate surface area is 205 Å². The van der Waals surface area contributed by atoms with Crippen molar-refractivity contribution < 1.29 is 54.2 Å². The minimum Gasteiger partial charge on any atom is -0.484 e. The molecule has 1 aliphatic heterocycles. The number of likely N-dealkylation sites (tertiary alicyclic amines) is 1. The number of carboxylic acid groups (broad SMARTS) is 1. The van der Waals surface area contributed by atoms with Crippen LogP contribution in [0.4, 0.5) is 26.3 Å². The van der Waals surface area contributed by atoms with E-state index in [0.717, 1.165) is 29.2 Å². The fourth-order valence-corrected chi connectivity index (χ4v) is 5.43. The molecule has 0 spiro atoms. The van der Waals surface area contributed by atoms with E-state index in [2.05, 4.69) is 4.74 Å². The highest BCUT2D eigenvalue weighted by Crippen LogP contribution is 2.38. The number of alkyl halides is 6. The summed E-state index contributed by atoms with van der Waals surface area (Å²) in [5, 5.41) is 8.63. The first-order valence-corrected chi connectivity index (χ1v) is 11.9. The molecule has 1 unspecified atom stereocenters. The van der Waals surface area contributed by atoms with Crippen LogP contribution in [0.5, 0.6) is 5.75 Å². The molecule has 0 aromatic heterocycles. The summed E-state index contributed by atoms with van der Waals surface area (Å²) in [6, 6.07) is 2.65. The first-order chi connectivity index (χ1) is 16.5. The Hall–Kier alpha value is -3.00. The molecular weight excluding hydrogens is 544 g/mol. The first-order valence-electron chi connectivity index (χ1n) is 10.0. The molecule has 2 aromatic rings. The van der Waals surface area contributed by atoms with Crippen LogP contribution in [0.3, 0.4) is 0 Å². The van der Waals surface area contributed by atoms with Crippen molar-refractivity contribution in [1.82, 2.24) is 4.90 Å². The van der Waals surface area contributed by atoms with Crippen molar-refractivity contribution in [2.45, 2.75) is 41.0 Å². The molecule has 7 nitrogen and oxygen atoms in total. The predicted molar refractivity (Wildman–Crippen MR) is 112 cm³/mol. The number of hydrogen-bond acceptors (Lipinski definition) is 5. The van der Waals surface area contributed by atoms with Gasteiger partial charge in [0.15, 0.2) is 6.61 Å². The molecule has 1 atom stereocenters. The Morgan fingerprint density at radius 2 is 1.75 bits per heavy atom. The van der Waals surface area contributed by atoms with Crippen LogP contribution in [0.15, 0.2) is 46.2 Å². The zero-order chi connectivity index (χ0) is 27.1. The number of sulfone groups is 1. The van der Waals surface area contributed by atoms with E-state index in [4.69, 9.17) is 11.6 Å². The molecule has 0 radical (unpaired) electrons. The summed E-state index contributed by atoms with van der Waals surface area (Å²) in [4.78, 5) is 23.3. The lowest BCUT2D eigenvalue weighted by atomic mass is 10.1. The molecule has 0 aliphatic carbocycles. The van der Waals surface area contributed by atoms with Gasteiger partial charge in [-0.15, -0.1) is 0 Å². The van der Waals surface area contributed by atoms with Crippen molar-refractivity contribution in [2.24, 2.45) is 0 Å². The number of amides is 1. The second kappa shape index (κ2) is 9.81. The summed E-state index contributed by atoms with van der Waals surface area (Å²) >= 11 is 5.88. The summed E-state index contributed by atoms with van der Waals surface area (Å²) < 4.78 is 109. The van der Waals surface area contributed by atoms with Gasteiger partial charge < -0.3 is 14.7 Å². The van der Waals surface area contributed by atoms with Gasteiger partial charge in [0.1, 0.15) is 11.8 Å². The van der Waals surface area contributed by atoms with E-state index in [1.54, 1.807) is 0 Å². The smallest absolute Gasteiger partial charge is 0.422 e. The maximum atomic E-state index is 13.8. The van der Waals surface area contributed by atoms with Gasteiger partial charge in [-0.05, 0) is 43.2 Å². The number of hydrogen-bond donors (Lipinski definition) is 1. The zero-order valence-electron chi connectivity index (χ0n) is 17.9. The maximum absolute atomic E-state index is 13.8. The second-order valence-electron chi connectivity index (χ2n) is 7.70. The van der Waals surface area contributed by atoms with Crippen LogP contribution in [-0.4, -0.2) is 55.7 Å². The van der Waals surface area contributed by atoms with Crippen LogP contribution in [0.2, 0.25) is 5.02 Å². The zero-order valence-corrected chi connectivity index (χ0v) is 19.4. The van der Waals surface area contributed by atoms with Gasteiger partial charge in [0.05, 0.1) is 25.9 Å². The lowest BCUT2D eigenvalue weighted by molar-refractivity contribution is -0.153. The Balaban J connectivity index is 2.01. The van der Waals surface area contributed by atoms with Crippen LogP contribution < -0.4 is 4.74 Å². The third-order valence-corrected chi connectivity index (χ3v) is 7.47. The second-order valence-corrected chi connectivity index (χ2v) is 10.0. The predicted octanol–water partition coefficient (Wildman–Crippen LogP) is 4.82. The number of carbonyl (C=O) groups excluding carboxylic acids is 1. The third kappa shape index (κ3) is 5.86. The molecule has 1 fully saturated rings. The highest BCUT2D eigenvalue weighted by atomic mass is 35.5. The molecule has 2 aromatic carbocycles. The lowest BCUT2D eigenvalue weighted by Gasteiger charge is -2.23. The van der Waals surface area contributed by atoms with Crippen molar-refractivity contribution in [2.75, 3.05) is 13.2 Å². The van der Waals surface area contributed by atoms with Crippen LogP contribution in [0, 0.1) is 0 Å². The van der Waals surface area contributed by atoms with Gasteiger partial charge in [-0.2, -0.15) is 26.3 Å². The number of aliphatic carboxylic acids is 1. The largest absolute Gasteiger partial charge is 0.484 e. The van der Waals surface area contributed by atoms with E-state index in [1.165, 1.54) is 0 Å². The molecular formula is C21H16ClF6NO6S. The number of halogens is 7. The number of rotatable bonds is 6. The molecule has 1 heterocycles. The van der Waals surface area contributed by atoms with Crippen molar-refractivity contribution in [3.05, 3.63) is 52.5 Å². The van der Waals surface area contributed by atoms with Crippen LogP contribution in [0.25, 0.3) is 0 Å². The number of ether oxygens (including phenoxy) is 1. The average Bonchev–Trinajstić information content (AvgIpc) is 3.26. The minimum absolute atomic E-state index is 0.0517. The van der Waals surface area contributed by atoms with E-state index in [9.17, 15) is 49.5 Å². The van der Waals surface area contributed by atoms with E-state index >= 15 is 0 Å². The fourth-order valence-electron chi connectivity index (χ4n) is 3.61. The van der Waals surface area contributed by atoms with Crippen molar-refractivity contribution in [1.29, 1.82) is 0 Å². The molecule has 0 saturated carbocycles. The first kappa shape index (κ1) is 27.6. The minimum atomic E-state index is -5.19. The quantitative estimate of drug-likeness (QED) is 0.509. The van der Waals surface area contributed by atoms with Crippen molar-refractivity contribution in [3.8, 4) is 5.75 Å². The van der Waals surface area contributed by atoms with E-state index in [0.29, 0.717) is 6.07 Å². The summed E-state index contributed by atoms with van der Waals surface area (Å²) in [5.41, 5.74) is -2.54. The normalized spacial score (nSPS) is 16.8.